The summed E-state index contributed by atoms with van der Waals surface area (Å²) in [6, 6.07) is 11.0. The molecule has 1 heteroatoms. The van der Waals surface area contributed by atoms with Crippen LogP contribution in [0.3, 0.4) is 0 Å². The van der Waals surface area contributed by atoms with Gasteiger partial charge in [-0.1, -0.05) is 56.0 Å². The van der Waals surface area contributed by atoms with E-state index in [1.54, 1.807) is 0 Å². The smallest absolute Gasteiger partial charge is 0.0766 e. The van der Waals surface area contributed by atoms with Gasteiger partial charge in [0.05, 0.1) is 12.0 Å². The molecule has 1 aliphatic carbocycles. The van der Waals surface area contributed by atoms with Gasteiger partial charge in [0.25, 0.3) is 0 Å². The van der Waals surface area contributed by atoms with Crippen molar-refractivity contribution in [2.75, 3.05) is 0 Å². The molecule has 1 fully saturated rings. The summed E-state index contributed by atoms with van der Waals surface area (Å²) in [5.74, 6) is 0.0587. The van der Waals surface area contributed by atoms with Crippen LogP contribution >= 0.6 is 0 Å². The highest BCUT2D eigenvalue weighted by Crippen LogP contribution is 2.46. The molecule has 0 spiro atoms. The minimum atomic E-state index is 0.0587. The molecule has 2 rings (SSSR count). The maximum Gasteiger partial charge on any atom is 0.0766 e. The molecule has 0 heterocycles. The molecule has 0 bridgehead atoms. The Hall–Kier alpha value is -1.29. The zero-order chi connectivity index (χ0) is 12.3. The molecule has 1 aromatic rings. The standard InChI is InChI=1S/C16H21N/c1-13-6-8-14(9-7-13)15(12-17)16(2)10-4-3-5-11-16/h6-9,15H,3-5,10-11H2,1-2H3. The summed E-state index contributed by atoms with van der Waals surface area (Å²) in [7, 11) is 0. The van der Waals surface area contributed by atoms with Gasteiger partial charge in [0, 0.05) is 0 Å². The lowest BCUT2D eigenvalue weighted by atomic mass is 9.65. The van der Waals surface area contributed by atoms with Gasteiger partial charge in [-0.3, -0.25) is 0 Å². The highest BCUT2D eigenvalue weighted by Gasteiger charge is 2.36. The Bertz CT molecular complexity index is 404. The first-order chi connectivity index (χ1) is 8.15. The monoisotopic (exact) mass is 227 g/mol. The van der Waals surface area contributed by atoms with E-state index >= 15 is 0 Å². The average Bonchev–Trinajstić information content (AvgIpc) is 2.33. The van der Waals surface area contributed by atoms with E-state index in [2.05, 4.69) is 44.2 Å². The van der Waals surface area contributed by atoms with Crippen molar-refractivity contribution in [3.8, 4) is 6.07 Å². The Kier molecular flexibility index (Phi) is 3.52. The molecule has 0 radical (unpaired) electrons. The zero-order valence-electron chi connectivity index (χ0n) is 10.9. The molecule has 1 unspecified atom stereocenters. The molecule has 90 valence electrons. The minimum absolute atomic E-state index is 0.0587. The van der Waals surface area contributed by atoms with Gasteiger partial charge in [-0.2, -0.15) is 5.26 Å². The first kappa shape index (κ1) is 12.2. The molecular weight excluding hydrogens is 206 g/mol. The van der Waals surface area contributed by atoms with Crippen molar-refractivity contribution in [1.29, 1.82) is 5.26 Å². The van der Waals surface area contributed by atoms with Crippen LogP contribution in [0.2, 0.25) is 0 Å². The number of benzene rings is 1. The Morgan fingerprint density at radius 2 is 1.71 bits per heavy atom. The summed E-state index contributed by atoms with van der Waals surface area (Å²) in [5.41, 5.74) is 2.64. The van der Waals surface area contributed by atoms with Crippen LogP contribution < -0.4 is 0 Å². The number of nitriles is 1. The van der Waals surface area contributed by atoms with Gasteiger partial charge in [-0.15, -0.1) is 0 Å². The summed E-state index contributed by atoms with van der Waals surface area (Å²) >= 11 is 0. The van der Waals surface area contributed by atoms with Gasteiger partial charge in [-0.05, 0) is 30.7 Å². The number of aryl methyl sites for hydroxylation is 1. The fourth-order valence-electron chi connectivity index (χ4n) is 3.04. The lowest BCUT2D eigenvalue weighted by Crippen LogP contribution is -2.27. The van der Waals surface area contributed by atoms with Gasteiger partial charge in [0.1, 0.15) is 0 Å². The third-order valence-electron chi connectivity index (χ3n) is 4.23. The number of hydrogen-bond acceptors (Lipinski definition) is 1. The van der Waals surface area contributed by atoms with Crippen molar-refractivity contribution >= 4 is 0 Å². The van der Waals surface area contributed by atoms with Gasteiger partial charge in [0.15, 0.2) is 0 Å². The normalized spacial score (nSPS) is 20.5. The van der Waals surface area contributed by atoms with Crippen molar-refractivity contribution in [1.82, 2.24) is 0 Å². The fraction of sp³-hybridized carbons (Fsp3) is 0.562. The van der Waals surface area contributed by atoms with E-state index in [0.717, 1.165) is 0 Å². The number of rotatable bonds is 2. The predicted octanol–water partition coefficient (Wildman–Crippen LogP) is 4.57. The average molecular weight is 227 g/mol. The van der Waals surface area contributed by atoms with Gasteiger partial charge in [0.2, 0.25) is 0 Å². The number of nitrogens with zero attached hydrogens (tertiary/aromatic N) is 1. The second-order valence-electron chi connectivity index (χ2n) is 5.69. The Morgan fingerprint density at radius 1 is 1.12 bits per heavy atom. The van der Waals surface area contributed by atoms with Crippen LogP contribution in [0.5, 0.6) is 0 Å². The van der Waals surface area contributed by atoms with E-state index in [4.69, 9.17) is 0 Å². The predicted molar refractivity (Wildman–Crippen MR) is 70.7 cm³/mol. The molecule has 1 atom stereocenters. The maximum absolute atomic E-state index is 9.52. The molecule has 17 heavy (non-hydrogen) atoms. The van der Waals surface area contributed by atoms with E-state index in [1.807, 2.05) is 0 Å². The van der Waals surface area contributed by atoms with Crippen molar-refractivity contribution in [2.45, 2.75) is 51.9 Å². The molecule has 1 aromatic carbocycles. The van der Waals surface area contributed by atoms with Gasteiger partial charge in [-0.25, -0.2) is 0 Å². The molecular formula is C16H21N. The SMILES string of the molecule is Cc1ccc(C(C#N)C2(C)CCCCC2)cc1. The van der Waals surface area contributed by atoms with E-state index in [1.165, 1.54) is 43.2 Å². The molecule has 0 aliphatic heterocycles. The largest absolute Gasteiger partial charge is 0.198 e. The summed E-state index contributed by atoms with van der Waals surface area (Å²) in [6.45, 7) is 4.38. The molecule has 1 aliphatic rings. The third kappa shape index (κ3) is 2.52. The van der Waals surface area contributed by atoms with Crippen LogP contribution in [0.15, 0.2) is 24.3 Å². The van der Waals surface area contributed by atoms with Crippen LogP contribution in [0, 0.1) is 23.7 Å². The molecule has 0 aromatic heterocycles. The van der Waals surface area contributed by atoms with E-state index in [0.29, 0.717) is 0 Å². The molecule has 0 saturated heterocycles. The summed E-state index contributed by atoms with van der Waals surface area (Å²) < 4.78 is 0. The second-order valence-corrected chi connectivity index (χ2v) is 5.69. The topological polar surface area (TPSA) is 23.8 Å². The van der Waals surface area contributed by atoms with Crippen LogP contribution in [-0.2, 0) is 0 Å². The van der Waals surface area contributed by atoms with E-state index in [-0.39, 0.29) is 11.3 Å². The lowest BCUT2D eigenvalue weighted by molar-refractivity contribution is 0.194. The summed E-state index contributed by atoms with van der Waals surface area (Å²) in [4.78, 5) is 0. The van der Waals surface area contributed by atoms with Crippen LogP contribution in [0.4, 0.5) is 0 Å². The molecule has 0 amide bonds. The van der Waals surface area contributed by atoms with E-state index < -0.39 is 0 Å². The first-order valence-corrected chi connectivity index (χ1v) is 6.62. The minimum Gasteiger partial charge on any atom is -0.198 e. The fourth-order valence-corrected chi connectivity index (χ4v) is 3.04. The highest BCUT2D eigenvalue weighted by atomic mass is 14.4. The van der Waals surface area contributed by atoms with E-state index in [9.17, 15) is 5.26 Å². The van der Waals surface area contributed by atoms with Crippen molar-refractivity contribution in [2.24, 2.45) is 5.41 Å². The van der Waals surface area contributed by atoms with Crippen molar-refractivity contribution in [3.63, 3.8) is 0 Å². The number of hydrogen-bond donors (Lipinski definition) is 0. The Balaban J connectivity index is 2.27. The first-order valence-electron chi connectivity index (χ1n) is 6.62. The summed E-state index contributed by atoms with van der Waals surface area (Å²) in [5, 5.41) is 9.52. The third-order valence-corrected chi connectivity index (χ3v) is 4.23. The van der Waals surface area contributed by atoms with Crippen LogP contribution in [0.25, 0.3) is 0 Å². The highest BCUT2D eigenvalue weighted by molar-refractivity contribution is 5.30. The van der Waals surface area contributed by atoms with Gasteiger partial charge < -0.3 is 0 Å². The van der Waals surface area contributed by atoms with Gasteiger partial charge >= 0.3 is 0 Å². The van der Waals surface area contributed by atoms with Crippen LogP contribution in [-0.4, -0.2) is 0 Å². The second kappa shape index (κ2) is 4.92. The van der Waals surface area contributed by atoms with Crippen molar-refractivity contribution in [3.05, 3.63) is 35.4 Å². The molecule has 1 saturated carbocycles. The maximum atomic E-state index is 9.52. The quantitative estimate of drug-likeness (QED) is 0.726. The molecule has 0 N–H and O–H groups in total. The summed E-state index contributed by atoms with van der Waals surface area (Å²) in [6.07, 6.45) is 6.28. The molecule has 1 nitrogen and oxygen atoms in total. The Labute approximate surface area is 104 Å². The lowest BCUT2D eigenvalue weighted by Gasteiger charge is -2.37. The van der Waals surface area contributed by atoms with Crippen LogP contribution in [0.1, 0.15) is 56.1 Å². The zero-order valence-corrected chi connectivity index (χ0v) is 10.9. The Morgan fingerprint density at radius 3 is 2.24 bits per heavy atom. The van der Waals surface area contributed by atoms with Crippen molar-refractivity contribution < 1.29 is 0 Å².